The van der Waals surface area contributed by atoms with E-state index in [4.69, 9.17) is 9.47 Å². The molecule has 1 aliphatic carbocycles. The maximum atomic E-state index is 12.6. The molecule has 26 heavy (non-hydrogen) atoms. The molecule has 0 bridgehead atoms. The Labute approximate surface area is 156 Å². The number of likely N-dealkylation sites (N-methyl/N-ethyl adjacent to an activating group) is 2. The predicted molar refractivity (Wildman–Crippen MR) is 100 cm³/mol. The van der Waals surface area contributed by atoms with Crippen molar-refractivity contribution in [1.82, 2.24) is 9.80 Å². The summed E-state index contributed by atoms with van der Waals surface area (Å²) >= 11 is 0. The van der Waals surface area contributed by atoms with Crippen LogP contribution in [0.3, 0.4) is 0 Å². The Balaban J connectivity index is 1.78. The summed E-state index contributed by atoms with van der Waals surface area (Å²) in [5.41, 5.74) is -0.629. The first-order chi connectivity index (χ1) is 12.5. The molecule has 1 fully saturated rings. The van der Waals surface area contributed by atoms with Gasteiger partial charge in [0.1, 0.15) is 23.6 Å². The molecule has 1 aromatic carbocycles. The molecule has 6 nitrogen and oxygen atoms in total. The van der Waals surface area contributed by atoms with E-state index in [9.17, 15) is 10.1 Å². The van der Waals surface area contributed by atoms with Crippen molar-refractivity contribution in [3.05, 3.63) is 24.3 Å². The van der Waals surface area contributed by atoms with Gasteiger partial charge in [0.15, 0.2) is 0 Å². The van der Waals surface area contributed by atoms with Crippen LogP contribution >= 0.6 is 0 Å². The summed E-state index contributed by atoms with van der Waals surface area (Å²) in [5, 5.41) is 9.61. The third kappa shape index (κ3) is 5.12. The van der Waals surface area contributed by atoms with Crippen molar-refractivity contribution >= 4 is 5.91 Å². The van der Waals surface area contributed by atoms with E-state index in [1.165, 1.54) is 0 Å². The highest BCUT2D eigenvalue weighted by Gasteiger charge is 2.38. The first-order valence-electron chi connectivity index (χ1n) is 9.14. The molecular weight excluding hydrogens is 330 g/mol. The van der Waals surface area contributed by atoms with Crippen molar-refractivity contribution in [2.24, 2.45) is 0 Å². The third-order valence-corrected chi connectivity index (χ3v) is 5.11. The minimum absolute atomic E-state index is 0.0135. The number of hydrogen-bond donors (Lipinski definition) is 0. The number of methoxy groups -OCH3 is 1. The normalized spacial score (nSPS) is 16.0. The average molecular weight is 359 g/mol. The Morgan fingerprint density at radius 3 is 2.35 bits per heavy atom. The summed E-state index contributed by atoms with van der Waals surface area (Å²) < 4.78 is 10.8. The second-order valence-electron chi connectivity index (χ2n) is 6.92. The molecule has 0 aromatic heterocycles. The fraction of sp³-hybridized carbons (Fsp3) is 0.600. The zero-order valence-corrected chi connectivity index (χ0v) is 16.0. The van der Waals surface area contributed by atoms with E-state index < -0.39 is 5.54 Å². The summed E-state index contributed by atoms with van der Waals surface area (Å²) in [6.45, 7) is 1.40. The highest BCUT2D eigenvalue weighted by Crippen LogP contribution is 2.32. The van der Waals surface area contributed by atoms with Crippen LogP contribution in [0.2, 0.25) is 0 Å². The highest BCUT2D eigenvalue weighted by atomic mass is 16.5. The average Bonchev–Trinajstić information content (AvgIpc) is 2.68. The van der Waals surface area contributed by atoms with Crippen LogP contribution in [-0.4, -0.2) is 62.1 Å². The largest absolute Gasteiger partial charge is 0.497 e. The number of carbonyl (C=O) groups excluding carboxylic acids is 1. The van der Waals surface area contributed by atoms with Crippen LogP contribution in [0.4, 0.5) is 0 Å². The molecule has 0 saturated heterocycles. The summed E-state index contributed by atoms with van der Waals surface area (Å²) in [6.07, 6.45) is 4.72. The van der Waals surface area contributed by atoms with Crippen molar-refractivity contribution in [2.45, 2.75) is 37.6 Å². The van der Waals surface area contributed by atoms with Gasteiger partial charge >= 0.3 is 0 Å². The van der Waals surface area contributed by atoms with Crippen LogP contribution in [0.5, 0.6) is 11.5 Å². The molecular formula is C20H29N3O3. The van der Waals surface area contributed by atoms with Crippen LogP contribution in [0.1, 0.15) is 32.1 Å². The van der Waals surface area contributed by atoms with Crippen molar-refractivity contribution < 1.29 is 14.3 Å². The van der Waals surface area contributed by atoms with Gasteiger partial charge in [-0.15, -0.1) is 0 Å². The molecule has 0 N–H and O–H groups in total. The predicted octanol–water partition coefficient (Wildman–Crippen LogP) is 2.69. The lowest BCUT2D eigenvalue weighted by molar-refractivity contribution is -0.135. The third-order valence-electron chi connectivity index (χ3n) is 5.11. The fourth-order valence-corrected chi connectivity index (χ4v) is 3.30. The van der Waals surface area contributed by atoms with Crippen LogP contribution < -0.4 is 9.47 Å². The molecule has 0 spiro atoms. The van der Waals surface area contributed by atoms with E-state index in [-0.39, 0.29) is 12.5 Å². The molecule has 0 aliphatic heterocycles. The van der Waals surface area contributed by atoms with Crippen molar-refractivity contribution in [1.29, 1.82) is 5.26 Å². The molecule has 0 atom stereocenters. The molecule has 0 unspecified atom stereocenters. The monoisotopic (exact) mass is 359 g/mol. The molecule has 0 radical (unpaired) electrons. The molecule has 1 aliphatic rings. The number of carbonyl (C=O) groups is 1. The van der Waals surface area contributed by atoms with E-state index in [2.05, 4.69) is 6.07 Å². The Morgan fingerprint density at radius 1 is 1.15 bits per heavy atom. The first-order valence-corrected chi connectivity index (χ1v) is 9.14. The van der Waals surface area contributed by atoms with Gasteiger partial charge in [0, 0.05) is 13.6 Å². The quantitative estimate of drug-likeness (QED) is 0.714. The molecule has 142 valence electrons. The van der Waals surface area contributed by atoms with E-state index in [0.29, 0.717) is 13.2 Å². The maximum Gasteiger partial charge on any atom is 0.237 e. The zero-order chi connectivity index (χ0) is 19.0. The van der Waals surface area contributed by atoms with Crippen LogP contribution in [0.15, 0.2) is 24.3 Å². The standard InChI is InChI=1S/C20H29N3O3/c1-22(13-14-26-18-9-7-17(25-3)8-10-18)15-19(24)23(2)20(16-21)11-5-4-6-12-20/h7-10H,4-6,11-15H2,1-3H3. The van der Waals surface area contributed by atoms with Gasteiger partial charge in [-0.3, -0.25) is 9.69 Å². The van der Waals surface area contributed by atoms with Gasteiger partial charge in [-0.2, -0.15) is 5.26 Å². The minimum atomic E-state index is -0.629. The summed E-state index contributed by atoms with van der Waals surface area (Å²) in [6, 6.07) is 9.81. The van der Waals surface area contributed by atoms with E-state index >= 15 is 0 Å². The van der Waals surface area contributed by atoms with Gasteiger partial charge in [0.25, 0.3) is 0 Å². The molecule has 0 heterocycles. The lowest BCUT2D eigenvalue weighted by Crippen LogP contribution is -2.52. The zero-order valence-electron chi connectivity index (χ0n) is 16.0. The Hall–Kier alpha value is -2.26. The van der Waals surface area contributed by atoms with Crippen LogP contribution in [-0.2, 0) is 4.79 Å². The number of hydrogen-bond acceptors (Lipinski definition) is 5. The SMILES string of the molecule is COc1ccc(OCCN(C)CC(=O)N(C)C2(C#N)CCCCC2)cc1. The Bertz CT molecular complexity index is 618. The number of nitrogens with zero attached hydrogens (tertiary/aromatic N) is 3. The van der Waals surface area contributed by atoms with Gasteiger partial charge in [0.2, 0.25) is 5.91 Å². The van der Waals surface area contributed by atoms with Gasteiger partial charge < -0.3 is 14.4 Å². The second-order valence-corrected chi connectivity index (χ2v) is 6.92. The summed E-state index contributed by atoms with van der Waals surface area (Å²) in [7, 11) is 5.28. The molecule has 1 saturated carbocycles. The van der Waals surface area contributed by atoms with Crippen molar-refractivity contribution in [2.75, 3.05) is 40.9 Å². The molecule has 1 aromatic rings. The smallest absolute Gasteiger partial charge is 0.237 e. The van der Waals surface area contributed by atoms with Gasteiger partial charge in [-0.1, -0.05) is 19.3 Å². The lowest BCUT2D eigenvalue weighted by Gasteiger charge is -2.39. The summed E-state index contributed by atoms with van der Waals surface area (Å²) in [4.78, 5) is 16.2. The van der Waals surface area contributed by atoms with E-state index in [0.717, 1.165) is 43.6 Å². The van der Waals surface area contributed by atoms with Crippen molar-refractivity contribution in [3.8, 4) is 17.6 Å². The fourth-order valence-electron chi connectivity index (χ4n) is 3.30. The Kier molecular flexibility index (Phi) is 7.28. The Morgan fingerprint density at radius 2 is 1.77 bits per heavy atom. The highest BCUT2D eigenvalue weighted by molar-refractivity contribution is 5.79. The number of nitriles is 1. The van der Waals surface area contributed by atoms with E-state index in [1.807, 2.05) is 36.2 Å². The number of rotatable bonds is 8. The molecule has 6 heteroatoms. The first kappa shape index (κ1) is 20.1. The number of ether oxygens (including phenoxy) is 2. The van der Waals surface area contributed by atoms with Crippen molar-refractivity contribution in [3.63, 3.8) is 0 Å². The maximum absolute atomic E-state index is 12.6. The second kappa shape index (κ2) is 9.44. The molecule has 1 amide bonds. The topological polar surface area (TPSA) is 65.8 Å². The van der Waals surface area contributed by atoms with Gasteiger partial charge in [-0.05, 0) is 44.2 Å². The van der Waals surface area contributed by atoms with Crippen LogP contribution in [0.25, 0.3) is 0 Å². The van der Waals surface area contributed by atoms with E-state index in [1.54, 1.807) is 19.1 Å². The number of benzene rings is 1. The van der Waals surface area contributed by atoms with Gasteiger partial charge in [-0.25, -0.2) is 0 Å². The summed E-state index contributed by atoms with van der Waals surface area (Å²) in [5.74, 6) is 1.55. The van der Waals surface area contributed by atoms with Crippen LogP contribution in [0, 0.1) is 11.3 Å². The molecule has 2 rings (SSSR count). The number of amides is 1. The minimum Gasteiger partial charge on any atom is -0.497 e. The lowest BCUT2D eigenvalue weighted by atomic mass is 9.81. The van der Waals surface area contributed by atoms with Gasteiger partial charge in [0.05, 0.1) is 19.7 Å².